The first-order valence-electron chi connectivity index (χ1n) is 9.02. The lowest BCUT2D eigenvalue weighted by Crippen LogP contribution is -2.37. The Kier molecular flexibility index (Phi) is 5.19. The van der Waals surface area contributed by atoms with Crippen LogP contribution in [0.4, 0.5) is 5.69 Å². The highest BCUT2D eigenvalue weighted by Crippen LogP contribution is 2.27. The summed E-state index contributed by atoms with van der Waals surface area (Å²) in [5.74, 6) is -0.112. The molecule has 2 fully saturated rings. The molecule has 2 amide bonds. The summed E-state index contributed by atoms with van der Waals surface area (Å²) in [4.78, 5) is 28.5. The van der Waals surface area contributed by atoms with Gasteiger partial charge >= 0.3 is 0 Å². The number of hydrogen-bond acceptors (Lipinski definition) is 3. The van der Waals surface area contributed by atoms with Gasteiger partial charge in [0.15, 0.2) is 0 Å². The summed E-state index contributed by atoms with van der Waals surface area (Å²) in [6.07, 6.45) is 4.59. The first kappa shape index (κ1) is 17.0. The quantitative estimate of drug-likeness (QED) is 0.898. The molecule has 0 spiro atoms. The summed E-state index contributed by atoms with van der Waals surface area (Å²) in [5, 5.41) is 0. The number of carbonyl (C=O) groups excluding carboxylic acids is 2. The van der Waals surface area contributed by atoms with Crippen molar-refractivity contribution in [2.24, 2.45) is 11.7 Å². The van der Waals surface area contributed by atoms with Crippen LogP contribution in [0.3, 0.4) is 0 Å². The van der Waals surface area contributed by atoms with E-state index in [-0.39, 0.29) is 23.8 Å². The van der Waals surface area contributed by atoms with E-state index >= 15 is 0 Å². The minimum absolute atomic E-state index is 0.0400. The molecule has 130 valence electrons. The second-order valence-corrected chi connectivity index (χ2v) is 7.01. The minimum atomic E-state index is -0.234. The largest absolute Gasteiger partial charge is 0.341 e. The van der Waals surface area contributed by atoms with E-state index in [0.29, 0.717) is 19.5 Å². The molecule has 1 aromatic rings. The van der Waals surface area contributed by atoms with E-state index in [1.807, 2.05) is 17.0 Å². The number of hydrogen-bond donors (Lipinski definition) is 1. The molecule has 0 bridgehead atoms. The maximum Gasteiger partial charge on any atom is 0.228 e. The molecular formula is C19H27N3O2. The Bertz CT molecular complexity index is 599. The summed E-state index contributed by atoms with van der Waals surface area (Å²) in [7, 11) is 0. The zero-order valence-corrected chi connectivity index (χ0v) is 14.4. The molecule has 2 atom stereocenters. The van der Waals surface area contributed by atoms with Crippen LogP contribution in [0.5, 0.6) is 0 Å². The summed E-state index contributed by atoms with van der Waals surface area (Å²) < 4.78 is 0. The average Bonchev–Trinajstić information content (AvgIpc) is 3.19. The van der Waals surface area contributed by atoms with Crippen LogP contribution in [-0.4, -0.2) is 42.4 Å². The fraction of sp³-hybridized carbons (Fsp3) is 0.579. The molecule has 3 rings (SSSR count). The van der Waals surface area contributed by atoms with Crippen molar-refractivity contribution < 1.29 is 9.59 Å². The molecule has 24 heavy (non-hydrogen) atoms. The Balaban J connectivity index is 1.63. The van der Waals surface area contributed by atoms with E-state index in [2.05, 4.69) is 19.1 Å². The molecule has 1 unspecified atom stereocenters. The van der Waals surface area contributed by atoms with E-state index in [0.717, 1.165) is 25.1 Å². The van der Waals surface area contributed by atoms with Crippen molar-refractivity contribution in [2.45, 2.75) is 45.1 Å². The number of rotatable bonds is 5. The van der Waals surface area contributed by atoms with Gasteiger partial charge in [-0.25, -0.2) is 0 Å². The van der Waals surface area contributed by atoms with E-state index in [9.17, 15) is 9.59 Å². The Morgan fingerprint density at radius 3 is 2.62 bits per heavy atom. The van der Waals surface area contributed by atoms with Crippen molar-refractivity contribution >= 4 is 17.5 Å². The summed E-state index contributed by atoms with van der Waals surface area (Å²) in [5.41, 5.74) is 8.08. The van der Waals surface area contributed by atoms with Gasteiger partial charge in [0.1, 0.15) is 0 Å². The van der Waals surface area contributed by atoms with Gasteiger partial charge in [-0.15, -0.1) is 0 Å². The summed E-state index contributed by atoms with van der Waals surface area (Å²) in [6.45, 7) is 4.01. The van der Waals surface area contributed by atoms with Crippen LogP contribution < -0.4 is 10.6 Å². The maximum absolute atomic E-state index is 12.6. The van der Waals surface area contributed by atoms with Crippen molar-refractivity contribution in [1.29, 1.82) is 0 Å². The molecule has 2 N–H and O–H groups in total. The molecule has 0 saturated carbocycles. The van der Waals surface area contributed by atoms with E-state index in [1.165, 1.54) is 18.4 Å². The normalized spacial score (nSPS) is 24.0. The third-order valence-corrected chi connectivity index (χ3v) is 5.08. The highest BCUT2D eigenvalue weighted by Gasteiger charge is 2.38. The van der Waals surface area contributed by atoms with Crippen LogP contribution in [0, 0.1) is 5.92 Å². The average molecular weight is 329 g/mol. The number of unbranched alkanes of at least 4 members (excludes halogenated alkanes) is 1. The zero-order chi connectivity index (χ0) is 17.1. The highest BCUT2D eigenvalue weighted by molar-refractivity contribution is 6.00. The third-order valence-electron chi connectivity index (χ3n) is 5.08. The Labute approximate surface area is 143 Å². The lowest BCUT2D eigenvalue weighted by Gasteiger charge is -2.21. The number of likely N-dealkylation sites (tertiary alicyclic amines) is 1. The lowest BCUT2D eigenvalue weighted by molar-refractivity contribution is -0.134. The highest BCUT2D eigenvalue weighted by atomic mass is 16.2. The summed E-state index contributed by atoms with van der Waals surface area (Å²) >= 11 is 0. The number of carbonyl (C=O) groups is 2. The second-order valence-electron chi connectivity index (χ2n) is 7.01. The van der Waals surface area contributed by atoms with E-state index in [4.69, 9.17) is 5.73 Å². The summed E-state index contributed by atoms with van der Waals surface area (Å²) in [6, 6.07) is 8.26. The van der Waals surface area contributed by atoms with Gasteiger partial charge in [-0.2, -0.15) is 0 Å². The van der Waals surface area contributed by atoms with Gasteiger partial charge in [-0.3, -0.25) is 9.59 Å². The lowest BCUT2D eigenvalue weighted by atomic mass is 10.1. The van der Waals surface area contributed by atoms with Crippen LogP contribution in [-0.2, 0) is 16.0 Å². The van der Waals surface area contributed by atoms with Crippen molar-refractivity contribution in [1.82, 2.24) is 4.90 Å². The number of nitrogens with zero attached hydrogens (tertiary/aromatic N) is 2. The van der Waals surface area contributed by atoms with Crippen LogP contribution in [0.1, 0.15) is 38.2 Å². The van der Waals surface area contributed by atoms with Crippen LogP contribution in [0.25, 0.3) is 0 Å². The molecule has 2 heterocycles. The van der Waals surface area contributed by atoms with Crippen LogP contribution in [0.15, 0.2) is 24.3 Å². The van der Waals surface area contributed by atoms with Crippen molar-refractivity contribution in [3.8, 4) is 0 Å². The minimum Gasteiger partial charge on any atom is -0.341 e. The topological polar surface area (TPSA) is 66.6 Å². The zero-order valence-electron chi connectivity index (χ0n) is 14.4. The van der Waals surface area contributed by atoms with Gasteiger partial charge in [0.25, 0.3) is 0 Å². The van der Waals surface area contributed by atoms with Crippen molar-refractivity contribution in [2.75, 3.05) is 24.5 Å². The predicted octanol–water partition coefficient (Wildman–Crippen LogP) is 1.94. The molecule has 5 nitrogen and oxygen atoms in total. The Hall–Kier alpha value is -1.88. The van der Waals surface area contributed by atoms with Crippen LogP contribution >= 0.6 is 0 Å². The molecule has 1 aromatic carbocycles. The molecule has 2 saturated heterocycles. The monoisotopic (exact) mass is 329 g/mol. The van der Waals surface area contributed by atoms with Gasteiger partial charge in [-0.05, 0) is 37.0 Å². The van der Waals surface area contributed by atoms with Crippen LogP contribution in [0.2, 0.25) is 0 Å². The van der Waals surface area contributed by atoms with Gasteiger partial charge in [0, 0.05) is 37.8 Å². The standard InChI is InChI=1S/C19H27N3O2/c1-2-3-4-14-5-7-17(8-6-14)22-12-15(11-18(22)23)19(24)21-10-9-16(20)13-21/h5-8,15-16H,2-4,9-13,20H2,1H3/t15?,16-/m1/s1. The number of anilines is 1. The predicted molar refractivity (Wildman–Crippen MR) is 94.7 cm³/mol. The number of benzene rings is 1. The number of amides is 2. The smallest absolute Gasteiger partial charge is 0.228 e. The van der Waals surface area contributed by atoms with Gasteiger partial charge in [-0.1, -0.05) is 25.5 Å². The fourth-order valence-corrected chi connectivity index (χ4v) is 3.59. The number of aryl methyl sites for hydroxylation is 1. The van der Waals surface area contributed by atoms with Crippen molar-refractivity contribution in [3.63, 3.8) is 0 Å². The SMILES string of the molecule is CCCCc1ccc(N2CC(C(=O)N3CC[C@@H](N)C3)CC2=O)cc1. The van der Waals surface area contributed by atoms with E-state index < -0.39 is 0 Å². The van der Waals surface area contributed by atoms with Crippen molar-refractivity contribution in [3.05, 3.63) is 29.8 Å². The number of nitrogens with two attached hydrogens (primary N) is 1. The Morgan fingerprint density at radius 2 is 2.00 bits per heavy atom. The molecular weight excluding hydrogens is 302 g/mol. The third kappa shape index (κ3) is 3.61. The van der Waals surface area contributed by atoms with E-state index in [1.54, 1.807) is 4.90 Å². The Morgan fingerprint density at radius 1 is 1.25 bits per heavy atom. The maximum atomic E-state index is 12.6. The molecule has 0 radical (unpaired) electrons. The van der Waals surface area contributed by atoms with Gasteiger partial charge in [0.05, 0.1) is 5.92 Å². The molecule has 0 aliphatic carbocycles. The second kappa shape index (κ2) is 7.34. The molecule has 0 aromatic heterocycles. The molecule has 2 aliphatic rings. The van der Waals surface area contributed by atoms with Gasteiger partial charge < -0.3 is 15.5 Å². The molecule has 5 heteroatoms. The molecule has 2 aliphatic heterocycles. The fourth-order valence-electron chi connectivity index (χ4n) is 3.59. The first-order chi connectivity index (χ1) is 11.6. The first-order valence-corrected chi connectivity index (χ1v) is 9.02. The van der Waals surface area contributed by atoms with Gasteiger partial charge in [0.2, 0.25) is 11.8 Å².